The van der Waals surface area contributed by atoms with Crippen LogP contribution in [0.5, 0.6) is 0 Å². The summed E-state index contributed by atoms with van der Waals surface area (Å²) in [4.78, 5) is 11.6. The van der Waals surface area contributed by atoms with E-state index in [1.54, 1.807) is 12.1 Å². The van der Waals surface area contributed by atoms with Crippen LogP contribution in [0.2, 0.25) is 0 Å². The Morgan fingerprint density at radius 2 is 1.88 bits per heavy atom. The molecular weight excluding hydrogens is 333 g/mol. The van der Waals surface area contributed by atoms with E-state index in [0.29, 0.717) is 18.8 Å². The molecule has 1 N–H and O–H groups in total. The van der Waals surface area contributed by atoms with Crippen LogP contribution < -0.4 is 0 Å². The molecule has 0 aliphatic carbocycles. The highest BCUT2D eigenvalue weighted by Crippen LogP contribution is 2.33. The first-order valence-electron chi connectivity index (χ1n) is 9.19. The number of hydrogen-bond acceptors (Lipinski definition) is 3. The molecule has 3 atom stereocenters. The molecule has 1 aromatic carbocycles. The molecule has 2 aromatic rings. The number of cyclic esters (lactones) is 1. The maximum atomic E-state index is 13.3. The lowest BCUT2D eigenvalue weighted by Gasteiger charge is -2.30. The van der Waals surface area contributed by atoms with Crippen LogP contribution >= 0.6 is 0 Å². The van der Waals surface area contributed by atoms with Gasteiger partial charge in [0.2, 0.25) is 0 Å². The van der Waals surface area contributed by atoms with Crippen molar-refractivity contribution in [1.29, 1.82) is 0 Å². The predicted molar refractivity (Wildman–Crippen MR) is 98.4 cm³/mol. The molecular formula is C21H26FNO3. The van der Waals surface area contributed by atoms with Crippen molar-refractivity contribution < 1.29 is 19.0 Å². The van der Waals surface area contributed by atoms with Gasteiger partial charge in [0.05, 0.1) is 12.5 Å². The van der Waals surface area contributed by atoms with Gasteiger partial charge in [-0.15, -0.1) is 0 Å². The molecule has 2 heterocycles. The lowest BCUT2D eigenvalue weighted by atomic mass is 9.99. The van der Waals surface area contributed by atoms with Crippen molar-refractivity contribution in [3.63, 3.8) is 0 Å². The maximum Gasteiger partial charge on any atom is 0.308 e. The molecule has 26 heavy (non-hydrogen) atoms. The van der Waals surface area contributed by atoms with E-state index in [-0.39, 0.29) is 30.4 Å². The minimum Gasteiger partial charge on any atom is -0.462 e. The van der Waals surface area contributed by atoms with Crippen LogP contribution in [0.3, 0.4) is 0 Å². The highest BCUT2D eigenvalue weighted by Gasteiger charge is 2.29. The van der Waals surface area contributed by atoms with Crippen molar-refractivity contribution in [2.24, 2.45) is 0 Å². The summed E-state index contributed by atoms with van der Waals surface area (Å²) < 4.78 is 21.0. The summed E-state index contributed by atoms with van der Waals surface area (Å²) in [5.74, 6) is -0.269. The number of benzene rings is 1. The molecule has 1 aliphatic rings. The molecule has 140 valence electrons. The molecule has 0 bridgehead atoms. The second kappa shape index (κ2) is 7.62. The SMILES string of the molecule is CC(C)c1ccc(-c2ccc(F)cc2)n1C(C)CC1CC(O)CC(=O)O1. The number of hydrogen-bond donors (Lipinski definition) is 1. The Bertz CT molecular complexity index is 766. The van der Waals surface area contributed by atoms with E-state index in [2.05, 4.69) is 37.5 Å². The van der Waals surface area contributed by atoms with Gasteiger partial charge >= 0.3 is 5.97 Å². The van der Waals surface area contributed by atoms with Crippen molar-refractivity contribution >= 4 is 5.97 Å². The predicted octanol–water partition coefficient (Wildman–Crippen LogP) is 4.44. The van der Waals surface area contributed by atoms with E-state index in [0.717, 1.165) is 11.3 Å². The minimum absolute atomic E-state index is 0.0746. The van der Waals surface area contributed by atoms with Gasteiger partial charge in [-0.05, 0) is 54.8 Å². The molecule has 0 radical (unpaired) electrons. The summed E-state index contributed by atoms with van der Waals surface area (Å²) in [5, 5.41) is 9.85. The lowest BCUT2D eigenvalue weighted by molar-refractivity contribution is -0.160. The zero-order valence-corrected chi connectivity index (χ0v) is 15.5. The number of carbonyl (C=O) groups is 1. The highest BCUT2D eigenvalue weighted by atomic mass is 19.1. The molecule has 0 spiro atoms. The highest BCUT2D eigenvalue weighted by molar-refractivity contribution is 5.71. The van der Waals surface area contributed by atoms with Crippen molar-refractivity contribution in [3.8, 4) is 11.3 Å². The quantitative estimate of drug-likeness (QED) is 0.803. The van der Waals surface area contributed by atoms with Gasteiger partial charge in [0.25, 0.3) is 0 Å². The molecule has 3 unspecified atom stereocenters. The summed E-state index contributed by atoms with van der Waals surface area (Å²) in [6.45, 7) is 6.36. The third kappa shape index (κ3) is 3.98. The maximum absolute atomic E-state index is 13.3. The summed E-state index contributed by atoms with van der Waals surface area (Å²) in [6.07, 6.45) is 0.266. The number of aliphatic hydroxyl groups excluding tert-OH is 1. The number of aliphatic hydroxyl groups is 1. The zero-order valence-electron chi connectivity index (χ0n) is 15.5. The van der Waals surface area contributed by atoms with Gasteiger partial charge in [-0.1, -0.05) is 13.8 Å². The number of aromatic nitrogens is 1. The average molecular weight is 359 g/mol. The standard InChI is InChI=1S/C21H26FNO3/c1-13(2)19-8-9-20(15-4-6-16(22)7-5-15)23(19)14(3)10-18-11-17(24)12-21(25)26-18/h4-9,13-14,17-18,24H,10-12H2,1-3H3. The van der Waals surface area contributed by atoms with Crippen LogP contribution in [0.1, 0.15) is 57.7 Å². The number of rotatable bonds is 5. The minimum atomic E-state index is -0.626. The van der Waals surface area contributed by atoms with Crippen LogP contribution in [0.15, 0.2) is 36.4 Å². The third-order valence-corrected chi connectivity index (χ3v) is 4.96. The van der Waals surface area contributed by atoms with Gasteiger partial charge in [-0.2, -0.15) is 0 Å². The fourth-order valence-corrected chi connectivity index (χ4v) is 3.77. The van der Waals surface area contributed by atoms with Crippen molar-refractivity contribution in [3.05, 3.63) is 47.9 Å². The summed E-state index contributed by atoms with van der Waals surface area (Å²) in [5.41, 5.74) is 3.15. The topological polar surface area (TPSA) is 51.5 Å². The Morgan fingerprint density at radius 3 is 2.50 bits per heavy atom. The first kappa shape index (κ1) is 18.6. The number of esters is 1. The molecule has 1 aromatic heterocycles. The number of nitrogens with zero attached hydrogens (tertiary/aromatic N) is 1. The molecule has 3 rings (SSSR count). The van der Waals surface area contributed by atoms with E-state index in [1.807, 2.05) is 0 Å². The van der Waals surface area contributed by atoms with Gasteiger partial charge in [0.15, 0.2) is 0 Å². The zero-order chi connectivity index (χ0) is 18.8. The van der Waals surface area contributed by atoms with Crippen molar-refractivity contribution in [2.75, 3.05) is 0 Å². The van der Waals surface area contributed by atoms with Crippen molar-refractivity contribution in [1.82, 2.24) is 4.57 Å². The van der Waals surface area contributed by atoms with Crippen LogP contribution in [-0.2, 0) is 9.53 Å². The smallest absolute Gasteiger partial charge is 0.308 e. The van der Waals surface area contributed by atoms with E-state index >= 15 is 0 Å². The Morgan fingerprint density at radius 1 is 1.19 bits per heavy atom. The first-order chi connectivity index (χ1) is 12.3. The monoisotopic (exact) mass is 359 g/mol. The fourth-order valence-electron chi connectivity index (χ4n) is 3.77. The van der Waals surface area contributed by atoms with Gasteiger partial charge in [0.1, 0.15) is 11.9 Å². The van der Waals surface area contributed by atoms with Crippen LogP contribution in [0.25, 0.3) is 11.3 Å². The largest absolute Gasteiger partial charge is 0.462 e. The molecule has 1 fully saturated rings. The number of ether oxygens (including phenoxy) is 1. The molecule has 1 aliphatic heterocycles. The number of halogens is 1. The fraction of sp³-hybridized carbons (Fsp3) is 0.476. The Kier molecular flexibility index (Phi) is 5.47. The third-order valence-electron chi connectivity index (χ3n) is 4.96. The molecule has 0 amide bonds. The summed E-state index contributed by atoms with van der Waals surface area (Å²) >= 11 is 0. The van der Waals surface area contributed by atoms with Crippen LogP contribution in [0.4, 0.5) is 4.39 Å². The normalized spacial score (nSPS) is 21.7. The second-order valence-electron chi connectivity index (χ2n) is 7.47. The van der Waals surface area contributed by atoms with Crippen LogP contribution in [0, 0.1) is 5.82 Å². The Labute approximate surface area is 153 Å². The molecule has 4 nitrogen and oxygen atoms in total. The van der Waals surface area contributed by atoms with E-state index in [1.165, 1.54) is 17.8 Å². The molecule has 0 saturated carbocycles. The Hall–Kier alpha value is -2.14. The van der Waals surface area contributed by atoms with Crippen molar-refractivity contribution in [2.45, 2.75) is 64.2 Å². The number of carbonyl (C=O) groups excluding carboxylic acids is 1. The van der Waals surface area contributed by atoms with Crippen LogP contribution in [-0.4, -0.2) is 27.9 Å². The van der Waals surface area contributed by atoms with Gasteiger partial charge in [-0.25, -0.2) is 4.39 Å². The molecule has 1 saturated heterocycles. The molecule has 5 heteroatoms. The Balaban J connectivity index is 1.90. The summed E-state index contributed by atoms with van der Waals surface area (Å²) in [7, 11) is 0. The van der Waals surface area contributed by atoms with Gasteiger partial charge < -0.3 is 14.4 Å². The lowest BCUT2D eigenvalue weighted by Crippen LogP contribution is -2.34. The van der Waals surface area contributed by atoms with Gasteiger partial charge in [-0.3, -0.25) is 4.79 Å². The van der Waals surface area contributed by atoms with E-state index < -0.39 is 6.10 Å². The van der Waals surface area contributed by atoms with E-state index in [9.17, 15) is 14.3 Å². The van der Waals surface area contributed by atoms with Gasteiger partial charge in [0, 0.05) is 30.3 Å². The summed E-state index contributed by atoms with van der Waals surface area (Å²) in [6, 6.07) is 10.7. The van der Waals surface area contributed by atoms with E-state index in [4.69, 9.17) is 4.74 Å². The first-order valence-corrected chi connectivity index (χ1v) is 9.19. The second-order valence-corrected chi connectivity index (χ2v) is 7.47. The average Bonchev–Trinajstić information content (AvgIpc) is 3.00.